The maximum Gasteiger partial charge on any atom is 0.335 e. The van der Waals surface area contributed by atoms with Gasteiger partial charge < -0.3 is 9.67 Å². The molecule has 1 aromatic heterocycles. The van der Waals surface area contributed by atoms with Gasteiger partial charge in [0.2, 0.25) is 0 Å². The molecule has 0 bridgehead atoms. The molecule has 5 nitrogen and oxygen atoms in total. The lowest BCUT2D eigenvalue weighted by Crippen LogP contribution is -2.29. The molecule has 1 N–H and O–H groups in total. The highest BCUT2D eigenvalue weighted by Gasteiger charge is 2.30. The maximum atomic E-state index is 11.5. The van der Waals surface area contributed by atoms with E-state index in [1.54, 1.807) is 12.1 Å². The number of hydrogen-bond acceptors (Lipinski definition) is 4. The van der Waals surface area contributed by atoms with Crippen molar-refractivity contribution in [2.45, 2.75) is 76.2 Å². The van der Waals surface area contributed by atoms with Gasteiger partial charge in [0.05, 0.1) is 16.6 Å². The van der Waals surface area contributed by atoms with Crippen LogP contribution in [0.3, 0.4) is 0 Å². The number of imidazole rings is 1. The van der Waals surface area contributed by atoms with E-state index in [0.29, 0.717) is 17.5 Å². The molecule has 6 heteroatoms. The average Bonchev–Trinajstić information content (AvgIpc) is 3.49. The number of aromatic nitrogens is 2. The largest absolute Gasteiger partial charge is 0.478 e. The number of carboxylic acids is 1. The lowest BCUT2D eigenvalue weighted by Gasteiger charge is -2.31. The smallest absolute Gasteiger partial charge is 0.335 e. The van der Waals surface area contributed by atoms with Crippen LogP contribution < -0.4 is 0 Å². The fourth-order valence-corrected chi connectivity index (χ4v) is 5.99. The molecule has 0 spiro atoms. The van der Waals surface area contributed by atoms with Gasteiger partial charge in [-0.25, -0.2) is 14.1 Å². The molecule has 2 aliphatic rings. The fraction of sp³-hybridized carbons (Fsp3) is 0.481. The number of nitrogens with zero attached hydrogens (tertiary/aromatic N) is 3. The maximum absolute atomic E-state index is 11.5. The van der Waals surface area contributed by atoms with Crippen LogP contribution in [0.1, 0.15) is 86.1 Å². The van der Waals surface area contributed by atoms with Crippen LogP contribution in [-0.2, 0) is 0 Å². The minimum Gasteiger partial charge on any atom is -0.478 e. The number of piperidine rings is 1. The van der Waals surface area contributed by atoms with Crippen LogP contribution in [0.15, 0.2) is 47.4 Å². The van der Waals surface area contributed by atoms with Crippen molar-refractivity contribution < 1.29 is 9.90 Å². The van der Waals surface area contributed by atoms with Gasteiger partial charge in [-0.15, -0.1) is 0 Å². The summed E-state index contributed by atoms with van der Waals surface area (Å²) in [6.45, 7) is 8.20. The molecular formula is C27H35N3O2S. The first-order chi connectivity index (χ1) is 16.1. The standard InChI is InChI=1S/C25H29N3O2S.C2H6/c1-17-6-9-21(10-7-17)31-27-14-12-18(13-15-27)24-26-22-16-19(25(29)30)8-11-23(22)28(24)20-4-2-3-5-20;1-2/h6-11,16,18,20H,2-5,12-15H2,1H3,(H,29,30);1-2H3. The van der Waals surface area contributed by atoms with Crippen molar-refractivity contribution in [3.05, 3.63) is 59.4 Å². The highest BCUT2D eigenvalue weighted by atomic mass is 32.2. The third kappa shape index (κ3) is 5.28. The van der Waals surface area contributed by atoms with Gasteiger partial charge in [-0.1, -0.05) is 44.4 Å². The second-order valence-corrected chi connectivity index (χ2v) is 10.1. The van der Waals surface area contributed by atoms with Crippen LogP contribution in [0, 0.1) is 6.92 Å². The Balaban J connectivity index is 0.00000126. The zero-order chi connectivity index (χ0) is 23.4. The van der Waals surface area contributed by atoms with Crippen molar-refractivity contribution in [2.24, 2.45) is 0 Å². The third-order valence-electron chi connectivity index (χ3n) is 6.73. The van der Waals surface area contributed by atoms with Crippen molar-refractivity contribution >= 4 is 29.0 Å². The Morgan fingerprint density at radius 3 is 2.30 bits per heavy atom. The summed E-state index contributed by atoms with van der Waals surface area (Å²) in [5.74, 6) is 0.709. The molecule has 2 aromatic carbocycles. The predicted molar refractivity (Wildman–Crippen MR) is 136 cm³/mol. The molecule has 1 saturated carbocycles. The van der Waals surface area contributed by atoms with E-state index in [4.69, 9.17) is 4.98 Å². The number of aromatic carboxylic acids is 1. The van der Waals surface area contributed by atoms with Crippen LogP contribution in [0.4, 0.5) is 0 Å². The summed E-state index contributed by atoms with van der Waals surface area (Å²) in [7, 11) is 0. The number of carboxylic acid groups (broad SMARTS) is 1. The van der Waals surface area contributed by atoms with E-state index in [1.807, 2.05) is 31.9 Å². The molecule has 1 aliphatic carbocycles. The van der Waals surface area contributed by atoms with E-state index in [0.717, 1.165) is 37.0 Å². The first kappa shape index (κ1) is 23.8. The van der Waals surface area contributed by atoms with E-state index in [-0.39, 0.29) is 0 Å². The minimum absolute atomic E-state index is 0.319. The molecule has 0 amide bonds. The van der Waals surface area contributed by atoms with Gasteiger partial charge in [0.1, 0.15) is 5.82 Å². The molecule has 2 fully saturated rings. The van der Waals surface area contributed by atoms with Gasteiger partial charge in [-0.05, 0) is 74.9 Å². The van der Waals surface area contributed by atoms with Gasteiger partial charge in [0.25, 0.3) is 0 Å². The van der Waals surface area contributed by atoms with E-state index in [9.17, 15) is 9.90 Å². The van der Waals surface area contributed by atoms with Crippen LogP contribution in [0.5, 0.6) is 0 Å². The summed E-state index contributed by atoms with van der Waals surface area (Å²) >= 11 is 1.85. The quantitative estimate of drug-likeness (QED) is 0.408. The van der Waals surface area contributed by atoms with E-state index in [2.05, 4.69) is 40.1 Å². The van der Waals surface area contributed by atoms with E-state index < -0.39 is 5.97 Å². The van der Waals surface area contributed by atoms with Gasteiger partial charge in [-0.3, -0.25) is 0 Å². The Bertz CT molecular complexity index is 1080. The predicted octanol–water partition coefficient (Wildman–Crippen LogP) is 7.07. The highest BCUT2D eigenvalue weighted by molar-refractivity contribution is 7.97. The number of fused-ring (bicyclic) bond motifs is 1. The Kier molecular flexibility index (Phi) is 7.76. The van der Waals surface area contributed by atoms with Gasteiger partial charge in [0.15, 0.2) is 0 Å². The number of rotatable bonds is 5. The van der Waals surface area contributed by atoms with Crippen LogP contribution in [0.25, 0.3) is 11.0 Å². The van der Waals surface area contributed by atoms with Gasteiger partial charge in [-0.2, -0.15) is 0 Å². The summed E-state index contributed by atoms with van der Waals surface area (Å²) in [6, 6.07) is 14.7. The zero-order valence-electron chi connectivity index (χ0n) is 20.0. The summed E-state index contributed by atoms with van der Waals surface area (Å²) < 4.78 is 4.92. The third-order valence-corrected chi connectivity index (χ3v) is 7.83. The molecule has 0 atom stereocenters. The molecule has 1 saturated heterocycles. The van der Waals surface area contributed by atoms with Crippen LogP contribution in [0.2, 0.25) is 0 Å². The summed E-state index contributed by atoms with van der Waals surface area (Å²) in [5.41, 5.74) is 3.54. The molecule has 0 radical (unpaired) electrons. The molecule has 1 aliphatic heterocycles. The number of hydrogen-bond donors (Lipinski definition) is 1. The topological polar surface area (TPSA) is 58.4 Å². The second-order valence-electron chi connectivity index (χ2n) is 8.89. The molecule has 176 valence electrons. The van der Waals surface area contributed by atoms with Crippen molar-refractivity contribution in [1.82, 2.24) is 13.9 Å². The lowest BCUT2D eigenvalue weighted by atomic mass is 9.97. The fourth-order valence-electron chi connectivity index (χ4n) is 5.04. The van der Waals surface area contributed by atoms with Gasteiger partial charge in [0, 0.05) is 29.9 Å². The minimum atomic E-state index is -0.889. The van der Waals surface area contributed by atoms with Crippen molar-refractivity contribution in [2.75, 3.05) is 13.1 Å². The Labute approximate surface area is 201 Å². The Hall–Kier alpha value is -2.31. The molecular weight excluding hydrogens is 430 g/mol. The first-order valence-electron chi connectivity index (χ1n) is 12.3. The molecule has 5 rings (SSSR count). The normalized spacial score (nSPS) is 17.8. The van der Waals surface area contributed by atoms with Crippen molar-refractivity contribution in [3.63, 3.8) is 0 Å². The van der Waals surface area contributed by atoms with Crippen molar-refractivity contribution in [1.29, 1.82) is 0 Å². The number of aryl methyl sites for hydroxylation is 1. The summed E-state index contributed by atoms with van der Waals surface area (Å²) in [5, 5.41) is 9.40. The molecule has 2 heterocycles. The van der Waals surface area contributed by atoms with Gasteiger partial charge >= 0.3 is 5.97 Å². The van der Waals surface area contributed by atoms with E-state index in [1.165, 1.54) is 42.0 Å². The number of carbonyl (C=O) groups is 1. The van der Waals surface area contributed by atoms with Crippen molar-refractivity contribution in [3.8, 4) is 0 Å². The lowest BCUT2D eigenvalue weighted by molar-refractivity contribution is 0.0697. The first-order valence-corrected chi connectivity index (χ1v) is 13.1. The van der Waals surface area contributed by atoms with Crippen LogP contribution in [-0.4, -0.2) is 38.0 Å². The summed E-state index contributed by atoms with van der Waals surface area (Å²) in [6.07, 6.45) is 7.09. The molecule has 33 heavy (non-hydrogen) atoms. The number of benzene rings is 2. The Morgan fingerprint density at radius 2 is 1.67 bits per heavy atom. The summed E-state index contributed by atoms with van der Waals surface area (Å²) in [4.78, 5) is 17.8. The average molecular weight is 466 g/mol. The highest BCUT2D eigenvalue weighted by Crippen LogP contribution is 2.39. The molecule has 3 aromatic rings. The Morgan fingerprint density at radius 1 is 1.00 bits per heavy atom. The zero-order valence-corrected chi connectivity index (χ0v) is 20.8. The van der Waals surface area contributed by atoms with Crippen LogP contribution >= 0.6 is 11.9 Å². The van der Waals surface area contributed by atoms with E-state index >= 15 is 0 Å². The SMILES string of the molecule is CC.Cc1ccc(SN2CCC(c3nc4cc(C(=O)O)ccc4n3C3CCCC3)CC2)cc1. The second kappa shape index (κ2) is 10.7. The monoisotopic (exact) mass is 465 g/mol. The molecule has 0 unspecified atom stereocenters.